The number of epoxide rings is 1. The van der Waals surface area contributed by atoms with E-state index in [4.69, 9.17) is 9.47 Å². The van der Waals surface area contributed by atoms with Crippen molar-refractivity contribution in [2.45, 2.75) is 152 Å². The summed E-state index contributed by atoms with van der Waals surface area (Å²) in [6.45, 7) is 26.6. The van der Waals surface area contributed by atoms with Crippen LogP contribution in [0.3, 0.4) is 0 Å². The monoisotopic (exact) mass is 514 g/mol. The fraction of sp³-hybridized carbons (Fsp3) is 0.971. The van der Waals surface area contributed by atoms with E-state index in [-0.39, 0.29) is 28.5 Å². The Morgan fingerprint density at radius 2 is 1.54 bits per heavy atom. The van der Waals surface area contributed by atoms with E-state index in [9.17, 15) is 4.79 Å². The average molecular weight is 515 g/mol. The number of hydrogen-bond acceptors (Lipinski definition) is 3. The van der Waals surface area contributed by atoms with E-state index in [2.05, 4.69) is 69.2 Å². The second-order valence-electron chi connectivity index (χ2n) is 17.0. The number of carbonyl (C=O) groups is 1. The van der Waals surface area contributed by atoms with E-state index in [1.165, 1.54) is 44.9 Å². The van der Waals surface area contributed by atoms with Gasteiger partial charge in [-0.15, -0.1) is 0 Å². The summed E-state index contributed by atoms with van der Waals surface area (Å²) >= 11 is 0. The second-order valence-corrected chi connectivity index (χ2v) is 17.0. The lowest BCUT2D eigenvalue weighted by atomic mass is 9.34. The first-order chi connectivity index (χ1) is 16.9. The largest absolute Gasteiger partial charge is 0.462 e. The van der Waals surface area contributed by atoms with Gasteiger partial charge in [-0.2, -0.15) is 0 Å². The Morgan fingerprint density at radius 3 is 2.14 bits per heavy atom. The molecule has 0 aromatic heterocycles. The first-order valence-electron chi connectivity index (χ1n) is 15.8. The van der Waals surface area contributed by atoms with Crippen molar-refractivity contribution in [1.82, 2.24) is 0 Å². The predicted molar refractivity (Wildman–Crippen MR) is 151 cm³/mol. The zero-order valence-electron chi connectivity index (χ0n) is 26.1. The van der Waals surface area contributed by atoms with Crippen LogP contribution in [-0.4, -0.2) is 23.8 Å². The Kier molecular flexibility index (Phi) is 6.40. The molecule has 1 saturated heterocycles. The van der Waals surface area contributed by atoms with Crippen LogP contribution in [0.15, 0.2) is 0 Å². The molecule has 0 radical (unpaired) electrons. The summed E-state index contributed by atoms with van der Waals surface area (Å²) in [6.07, 6.45) is 11.8. The highest BCUT2D eigenvalue weighted by molar-refractivity contribution is 5.66. The number of hydrogen-bond donors (Lipinski definition) is 0. The summed E-state index contributed by atoms with van der Waals surface area (Å²) in [4.78, 5) is 12.6. The Bertz CT molecular complexity index is 918. The van der Waals surface area contributed by atoms with Crippen molar-refractivity contribution >= 4 is 5.97 Å². The van der Waals surface area contributed by atoms with Crippen molar-refractivity contribution in [1.29, 1.82) is 0 Å². The Labute approximate surface area is 228 Å². The van der Waals surface area contributed by atoms with Crippen LogP contribution in [0.1, 0.15) is 134 Å². The average Bonchev–Trinajstić information content (AvgIpc) is 3.20. The number of esters is 1. The molecule has 1 heterocycles. The lowest BCUT2D eigenvalue weighted by molar-refractivity contribution is -0.242. The minimum Gasteiger partial charge on any atom is -0.462 e. The topological polar surface area (TPSA) is 38.8 Å². The molecule has 4 saturated carbocycles. The minimum atomic E-state index is -0.0809. The van der Waals surface area contributed by atoms with Crippen LogP contribution in [0.5, 0.6) is 0 Å². The van der Waals surface area contributed by atoms with Gasteiger partial charge in [0.15, 0.2) is 0 Å². The number of ether oxygens (including phenoxy) is 2. The molecule has 37 heavy (non-hydrogen) atoms. The number of rotatable bonds is 5. The highest BCUT2D eigenvalue weighted by atomic mass is 16.6. The molecule has 212 valence electrons. The van der Waals surface area contributed by atoms with Crippen LogP contribution in [0, 0.1) is 56.7 Å². The van der Waals surface area contributed by atoms with Crippen LogP contribution in [0.4, 0.5) is 0 Å². The maximum absolute atomic E-state index is 12.6. The van der Waals surface area contributed by atoms with Gasteiger partial charge in [0.1, 0.15) is 6.10 Å². The molecule has 0 aromatic rings. The Hall–Kier alpha value is -0.570. The molecular formula is C34H58O3. The number of fused-ring (bicyclic) bond motifs is 5. The van der Waals surface area contributed by atoms with E-state index in [0.717, 1.165) is 24.7 Å². The SMILES string of the molecule is CC(=O)OC1CC2[C@@]3(C)CC[C@H](C)C(C)(C)C3CC[C@@]2(C)[C@]2(C)CCC(C(C)(C)CC[C@@H]3OC3(C)C)[C@@H]12. The molecule has 3 nitrogen and oxygen atoms in total. The molecule has 0 amide bonds. The molecule has 10 atom stereocenters. The highest BCUT2D eigenvalue weighted by Gasteiger charge is 2.71. The van der Waals surface area contributed by atoms with Crippen molar-refractivity contribution in [3.63, 3.8) is 0 Å². The van der Waals surface area contributed by atoms with Crippen molar-refractivity contribution in [2.75, 3.05) is 0 Å². The van der Waals surface area contributed by atoms with Gasteiger partial charge >= 0.3 is 5.97 Å². The molecule has 0 aromatic carbocycles. The van der Waals surface area contributed by atoms with Crippen LogP contribution in [0.2, 0.25) is 0 Å². The van der Waals surface area contributed by atoms with Gasteiger partial charge in [-0.05, 0) is 122 Å². The molecule has 0 N–H and O–H groups in total. The van der Waals surface area contributed by atoms with Gasteiger partial charge in [0, 0.05) is 12.8 Å². The molecule has 0 spiro atoms. The normalized spacial score (nSPS) is 50.0. The zero-order valence-corrected chi connectivity index (χ0v) is 26.1. The molecule has 5 rings (SSSR count). The van der Waals surface area contributed by atoms with E-state index in [1.807, 2.05) is 0 Å². The summed E-state index contributed by atoms with van der Waals surface area (Å²) in [7, 11) is 0. The third-order valence-corrected chi connectivity index (χ3v) is 14.5. The maximum Gasteiger partial charge on any atom is 0.302 e. The van der Waals surface area contributed by atoms with E-state index in [1.54, 1.807) is 6.92 Å². The van der Waals surface area contributed by atoms with E-state index >= 15 is 0 Å². The summed E-state index contributed by atoms with van der Waals surface area (Å²) in [6, 6.07) is 0. The standard InChI is InChI=1S/C34H58O3/c1-21-12-17-32(9)25(30(21,5)6)14-19-33(10)26(32)20-24(36-22(2)35)28-23(13-18-34(28,33)11)29(3,4)16-15-27-31(7,8)37-27/h21,23-28H,12-20H2,1-11H3/t21-,23?,24?,25?,26?,27-,28-,32-,33+,34+/m0/s1. The molecule has 4 unspecified atom stereocenters. The molecule has 0 bridgehead atoms. The van der Waals surface area contributed by atoms with Crippen LogP contribution in [-0.2, 0) is 14.3 Å². The van der Waals surface area contributed by atoms with E-state index in [0.29, 0.717) is 40.1 Å². The zero-order chi connectivity index (χ0) is 27.4. The first-order valence-corrected chi connectivity index (χ1v) is 15.8. The van der Waals surface area contributed by atoms with Crippen molar-refractivity contribution in [3.05, 3.63) is 0 Å². The molecule has 5 fully saturated rings. The lowest BCUT2D eigenvalue weighted by Gasteiger charge is -2.71. The van der Waals surface area contributed by atoms with Gasteiger partial charge in [0.25, 0.3) is 0 Å². The smallest absolute Gasteiger partial charge is 0.302 e. The molecule has 3 heteroatoms. The van der Waals surface area contributed by atoms with Gasteiger partial charge in [-0.3, -0.25) is 4.79 Å². The fourth-order valence-electron chi connectivity index (χ4n) is 11.5. The summed E-state index contributed by atoms with van der Waals surface area (Å²) in [5.41, 5.74) is 1.51. The van der Waals surface area contributed by atoms with Gasteiger partial charge in [0.2, 0.25) is 0 Å². The van der Waals surface area contributed by atoms with Gasteiger partial charge in [-0.1, -0.05) is 55.4 Å². The van der Waals surface area contributed by atoms with E-state index < -0.39 is 0 Å². The van der Waals surface area contributed by atoms with Crippen molar-refractivity contribution in [3.8, 4) is 0 Å². The van der Waals surface area contributed by atoms with Crippen molar-refractivity contribution in [2.24, 2.45) is 56.7 Å². The van der Waals surface area contributed by atoms with Gasteiger partial charge in [-0.25, -0.2) is 0 Å². The summed E-state index contributed by atoms with van der Waals surface area (Å²) in [5, 5.41) is 0. The van der Waals surface area contributed by atoms with Crippen LogP contribution < -0.4 is 0 Å². The lowest BCUT2D eigenvalue weighted by Crippen LogP contribution is -2.66. The Balaban J connectivity index is 1.49. The van der Waals surface area contributed by atoms with Gasteiger partial charge < -0.3 is 9.47 Å². The van der Waals surface area contributed by atoms with Crippen LogP contribution in [0.25, 0.3) is 0 Å². The molecule has 4 aliphatic carbocycles. The highest BCUT2D eigenvalue weighted by Crippen LogP contribution is 2.77. The third-order valence-electron chi connectivity index (χ3n) is 14.5. The summed E-state index contributed by atoms with van der Waals surface area (Å²) in [5.74, 6) is 3.13. The van der Waals surface area contributed by atoms with Crippen molar-refractivity contribution < 1.29 is 14.3 Å². The fourth-order valence-corrected chi connectivity index (χ4v) is 11.5. The quantitative estimate of drug-likeness (QED) is 0.272. The first kappa shape index (κ1) is 28.0. The number of carbonyl (C=O) groups excluding carboxylic acids is 1. The third kappa shape index (κ3) is 4.01. The van der Waals surface area contributed by atoms with Gasteiger partial charge in [0.05, 0.1) is 11.7 Å². The summed E-state index contributed by atoms with van der Waals surface area (Å²) < 4.78 is 12.4. The predicted octanol–water partition coefficient (Wildman–Crippen LogP) is 8.83. The molecule has 5 aliphatic rings. The Morgan fingerprint density at radius 1 is 0.919 bits per heavy atom. The van der Waals surface area contributed by atoms with Crippen LogP contribution >= 0.6 is 0 Å². The second kappa shape index (κ2) is 8.47. The maximum atomic E-state index is 12.6. The minimum absolute atomic E-state index is 0.0546. The molecular weight excluding hydrogens is 456 g/mol. The molecule has 1 aliphatic heterocycles.